The maximum absolute atomic E-state index is 12.3. The molecule has 128 valence electrons. The number of carbonyl (C=O) groups excluding carboxylic acids is 1. The Morgan fingerprint density at radius 2 is 1.79 bits per heavy atom. The lowest BCUT2D eigenvalue weighted by Gasteiger charge is -2.11. The summed E-state index contributed by atoms with van der Waals surface area (Å²) in [6, 6.07) is 12.5. The second kappa shape index (κ2) is 7.49. The summed E-state index contributed by atoms with van der Waals surface area (Å²) in [7, 11) is -2.11. The number of carbonyl (C=O) groups is 1. The van der Waals surface area contributed by atoms with E-state index in [9.17, 15) is 13.2 Å². The molecule has 0 unspecified atom stereocenters. The second-order valence-corrected chi connectivity index (χ2v) is 7.83. The molecule has 0 spiro atoms. The van der Waals surface area contributed by atoms with E-state index in [1.807, 2.05) is 26.0 Å². The monoisotopic (exact) mass is 347 g/mol. The Morgan fingerprint density at radius 1 is 1.08 bits per heavy atom. The number of sulfone groups is 1. The van der Waals surface area contributed by atoms with Gasteiger partial charge in [-0.15, -0.1) is 0 Å². The van der Waals surface area contributed by atoms with Crippen molar-refractivity contribution >= 4 is 21.4 Å². The molecule has 1 N–H and O–H groups in total. The van der Waals surface area contributed by atoms with Gasteiger partial charge in [-0.2, -0.15) is 0 Å². The van der Waals surface area contributed by atoms with Gasteiger partial charge in [0.25, 0.3) is 0 Å². The first-order valence-electron chi connectivity index (χ1n) is 7.49. The Hall–Kier alpha value is -2.34. The Balaban J connectivity index is 2.08. The maximum atomic E-state index is 12.3. The largest absolute Gasteiger partial charge is 0.496 e. The van der Waals surface area contributed by atoms with Crippen LogP contribution in [0.3, 0.4) is 0 Å². The van der Waals surface area contributed by atoms with Crippen LogP contribution in [0.4, 0.5) is 5.69 Å². The van der Waals surface area contributed by atoms with Gasteiger partial charge in [0.1, 0.15) is 11.5 Å². The van der Waals surface area contributed by atoms with Crippen LogP contribution in [0.2, 0.25) is 0 Å². The number of nitrogens with one attached hydrogen (secondary N) is 1. The highest BCUT2D eigenvalue weighted by Gasteiger charge is 2.20. The van der Waals surface area contributed by atoms with Crippen molar-refractivity contribution in [2.24, 2.45) is 0 Å². The molecule has 2 rings (SSSR count). The SMILES string of the molecule is COc1ccc(C)cc1CS(=O)(=O)CC(=O)Nc1cccc(C)c1. The normalized spacial score (nSPS) is 11.1. The van der Waals surface area contributed by atoms with E-state index >= 15 is 0 Å². The third-order valence-electron chi connectivity index (χ3n) is 3.46. The van der Waals surface area contributed by atoms with E-state index in [0.717, 1.165) is 11.1 Å². The van der Waals surface area contributed by atoms with Gasteiger partial charge in [0.2, 0.25) is 5.91 Å². The molecule has 0 aliphatic rings. The van der Waals surface area contributed by atoms with Gasteiger partial charge >= 0.3 is 0 Å². The number of aryl methyl sites for hydroxylation is 2. The van der Waals surface area contributed by atoms with Crippen LogP contribution in [0.1, 0.15) is 16.7 Å². The lowest BCUT2D eigenvalue weighted by molar-refractivity contribution is -0.113. The minimum atomic E-state index is -3.61. The number of ether oxygens (including phenoxy) is 1. The quantitative estimate of drug-likeness (QED) is 0.872. The third kappa shape index (κ3) is 5.09. The van der Waals surface area contributed by atoms with E-state index in [2.05, 4.69) is 5.32 Å². The molecule has 2 aromatic rings. The number of hydrogen-bond acceptors (Lipinski definition) is 4. The average molecular weight is 347 g/mol. The number of benzene rings is 2. The molecule has 0 atom stereocenters. The van der Waals surface area contributed by atoms with Crippen LogP contribution in [0.15, 0.2) is 42.5 Å². The summed E-state index contributed by atoms with van der Waals surface area (Å²) in [5.74, 6) is -0.854. The van der Waals surface area contributed by atoms with E-state index in [1.54, 1.807) is 30.3 Å². The third-order valence-corrected chi connectivity index (χ3v) is 4.92. The standard InChI is InChI=1S/C18H21NO4S/c1-13-5-4-6-16(10-13)19-18(20)12-24(21,22)11-15-9-14(2)7-8-17(15)23-3/h4-10H,11-12H2,1-3H3,(H,19,20). The van der Waals surface area contributed by atoms with Crippen molar-refractivity contribution in [3.05, 3.63) is 59.2 Å². The molecule has 2 aromatic carbocycles. The van der Waals surface area contributed by atoms with Crippen LogP contribution >= 0.6 is 0 Å². The first kappa shape index (κ1) is 18.0. The molecule has 1 amide bonds. The summed E-state index contributed by atoms with van der Waals surface area (Å²) in [5.41, 5.74) is 3.06. The molecular weight excluding hydrogens is 326 g/mol. The van der Waals surface area contributed by atoms with E-state index in [0.29, 0.717) is 17.0 Å². The van der Waals surface area contributed by atoms with Gasteiger partial charge in [-0.1, -0.05) is 29.8 Å². The Kier molecular flexibility index (Phi) is 5.62. The molecule has 0 saturated carbocycles. The highest BCUT2D eigenvalue weighted by atomic mass is 32.2. The van der Waals surface area contributed by atoms with Gasteiger partial charge in [-0.25, -0.2) is 8.42 Å². The molecule has 0 bridgehead atoms. The summed E-state index contributed by atoms with van der Waals surface area (Å²) in [6.07, 6.45) is 0. The lowest BCUT2D eigenvalue weighted by Crippen LogP contribution is -2.24. The zero-order valence-electron chi connectivity index (χ0n) is 14.0. The van der Waals surface area contributed by atoms with Crippen molar-refractivity contribution in [2.45, 2.75) is 19.6 Å². The number of amides is 1. The molecular formula is C18H21NO4S. The van der Waals surface area contributed by atoms with Crippen LogP contribution in [0.5, 0.6) is 5.75 Å². The van der Waals surface area contributed by atoms with Crippen LogP contribution < -0.4 is 10.1 Å². The van der Waals surface area contributed by atoms with Crippen molar-refractivity contribution in [3.63, 3.8) is 0 Å². The molecule has 0 heterocycles. The molecule has 24 heavy (non-hydrogen) atoms. The summed E-state index contributed by atoms with van der Waals surface area (Å²) in [5, 5.41) is 2.62. The molecule has 0 aliphatic heterocycles. The molecule has 6 heteroatoms. The second-order valence-electron chi connectivity index (χ2n) is 5.77. The molecule has 5 nitrogen and oxygen atoms in total. The van der Waals surface area contributed by atoms with Gasteiger partial charge < -0.3 is 10.1 Å². The predicted octanol–water partition coefficient (Wildman–Crippen LogP) is 2.87. The van der Waals surface area contributed by atoms with Crippen molar-refractivity contribution < 1.29 is 17.9 Å². The summed E-state index contributed by atoms with van der Waals surface area (Å²) >= 11 is 0. The number of rotatable bonds is 6. The van der Waals surface area contributed by atoms with E-state index < -0.39 is 21.5 Å². The summed E-state index contributed by atoms with van der Waals surface area (Å²) < 4.78 is 29.9. The minimum absolute atomic E-state index is 0.237. The molecule has 0 saturated heterocycles. The van der Waals surface area contributed by atoms with Crippen molar-refractivity contribution in [1.82, 2.24) is 0 Å². The molecule has 0 fully saturated rings. The Morgan fingerprint density at radius 3 is 2.46 bits per heavy atom. The zero-order valence-corrected chi connectivity index (χ0v) is 14.8. The molecule has 0 aliphatic carbocycles. The smallest absolute Gasteiger partial charge is 0.239 e. The molecule has 0 aromatic heterocycles. The van der Waals surface area contributed by atoms with Gasteiger partial charge in [0.05, 0.1) is 12.9 Å². The van der Waals surface area contributed by atoms with Crippen LogP contribution in [-0.2, 0) is 20.4 Å². The highest BCUT2D eigenvalue weighted by molar-refractivity contribution is 7.91. The van der Waals surface area contributed by atoms with Crippen molar-refractivity contribution in [1.29, 1.82) is 0 Å². The van der Waals surface area contributed by atoms with Gasteiger partial charge in [-0.3, -0.25) is 4.79 Å². The number of anilines is 1. The van der Waals surface area contributed by atoms with E-state index in [4.69, 9.17) is 4.74 Å². The lowest BCUT2D eigenvalue weighted by atomic mass is 10.1. The van der Waals surface area contributed by atoms with Crippen molar-refractivity contribution in [3.8, 4) is 5.75 Å². The highest BCUT2D eigenvalue weighted by Crippen LogP contribution is 2.22. The van der Waals surface area contributed by atoms with Crippen LogP contribution in [0.25, 0.3) is 0 Å². The molecule has 0 radical (unpaired) electrons. The Labute approximate surface area is 142 Å². The average Bonchev–Trinajstić information content (AvgIpc) is 2.46. The first-order chi connectivity index (χ1) is 11.3. The zero-order chi connectivity index (χ0) is 17.7. The van der Waals surface area contributed by atoms with Gasteiger partial charge in [0, 0.05) is 11.3 Å². The fourth-order valence-electron chi connectivity index (χ4n) is 2.43. The fraction of sp³-hybridized carbons (Fsp3) is 0.278. The van der Waals surface area contributed by atoms with Crippen LogP contribution in [0, 0.1) is 13.8 Å². The number of hydrogen-bond donors (Lipinski definition) is 1. The van der Waals surface area contributed by atoms with Gasteiger partial charge in [0.15, 0.2) is 9.84 Å². The van der Waals surface area contributed by atoms with Gasteiger partial charge in [-0.05, 0) is 37.6 Å². The maximum Gasteiger partial charge on any atom is 0.239 e. The van der Waals surface area contributed by atoms with Crippen molar-refractivity contribution in [2.75, 3.05) is 18.2 Å². The van der Waals surface area contributed by atoms with Crippen LogP contribution in [-0.4, -0.2) is 27.2 Å². The summed E-state index contributed by atoms with van der Waals surface area (Å²) in [4.78, 5) is 12.0. The topological polar surface area (TPSA) is 72.5 Å². The minimum Gasteiger partial charge on any atom is -0.496 e. The number of methoxy groups -OCH3 is 1. The predicted molar refractivity (Wildman–Crippen MR) is 95.0 cm³/mol. The Bertz CT molecular complexity index is 844. The van der Waals surface area contributed by atoms with E-state index in [-0.39, 0.29) is 5.75 Å². The van der Waals surface area contributed by atoms with E-state index in [1.165, 1.54) is 7.11 Å². The summed E-state index contributed by atoms with van der Waals surface area (Å²) in [6.45, 7) is 3.77. The fourth-order valence-corrected chi connectivity index (χ4v) is 3.70. The first-order valence-corrected chi connectivity index (χ1v) is 9.32.